The molecule has 0 fully saturated rings. The summed E-state index contributed by atoms with van der Waals surface area (Å²) < 4.78 is 10.9. The summed E-state index contributed by atoms with van der Waals surface area (Å²) in [4.78, 5) is 14.8. The number of hydrogen-bond acceptors (Lipinski definition) is 7. The Labute approximate surface area is 203 Å². The van der Waals surface area contributed by atoms with Gasteiger partial charge in [0.1, 0.15) is 11.4 Å². The van der Waals surface area contributed by atoms with Gasteiger partial charge in [0, 0.05) is 50.2 Å². The van der Waals surface area contributed by atoms with Gasteiger partial charge < -0.3 is 19.7 Å². The molecule has 2 aromatic carbocycles. The number of esters is 1. The Morgan fingerprint density at radius 1 is 1.15 bits per heavy atom. The molecule has 0 saturated heterocycles. The second kappa shape index (κ2) is 13.1. The van der Waals surface area contributed by atoms with Crippen molar-refractivity contribution in [2.45, 2.75) is 20.8 Å². The molecule has 0 aliphatic rings. The van der Waals surface area contributed by atoms with Gasteiger partial charge in [0.2, 0.25) is 0 Å². The number of anilines is 3. The van der Waals surface area contributed by atoms with Gasteiger partial charge in [-0.05, 0) is 44.5 Å². The zero-order chi connectivity index (χ0) is 25.1. The molecule has 0 spiro atoms. The molecule has 34 heavy (non-hydrogen) atoms. The first-order valence-electron chi connectivity index (χ1n) is 11.5. The van der Waals surface area contributed by atoms with Crippen molar-refractivity contribution >= 4 is 34.8 Å². The zero-order valence-electron chi connectivity index (χ0n) is 21.1. The zero-order valence-corrected chi connectivity index (χ0v) is 21.1. The number of allylic oxidation sites excluding steroid dienone is 1. The van der Waals surface area contributed by atoms with Crippen molar-refractivity contribution in [2.75, 3.05) is 56.1 Å². The monoisotopic (exact) mass is 464 g/mol. The quantitative estimate of drug-likeness (QED) is 0.201. The fraction of sp³-hybridized carbons (Fsp3) is 0.333. The van der Waals surface area contributed by atoms with E-state index in [0.29, 0.717) is 17.9 Å². The van der Waals surface area contributed by atoms with Crippen molar-refractivity contribution in [3.63, 3.8) is 0 Å². The van der Waals surface area contributed by atoms with Gasteiger partial charge in [-0.3, -0.25) is 5.01 Å². The number of hydrazone groups is 1. The van der Waals surface area contributed by atoms with Crippen LogP contribution in [-0.2, 0) is 9.53 Å². The van der Waals surface area contributed by atoms with Crippen LogP contribution in [0.15, 0.2) is 65.8 Å². The Bertz CT molecular complexity index is 1040. The van der Waals surface area contributed by atoms with Gasteiger partial charge in [0.25, 0.3) is 0 Å². The highest BCUT2D eigenvalue weighted by atomic mass is 16.5. The van der Waals surface area contributed by atoms with Crippen molar-refractivity contribution in [1.82, 2.24) is 0 Å². The van der Waals surface area contributed by atoms with E-state index < -0.39 is 5.97 Å². The number of nitrogens with one attached hydrogen (secondary N) is 1. The average molecular weight is 465 g/mol. The first-order valence-corrected chi connectivity index (χ1v) is 11.5. The van der Waals surface area contributed by atoms with E-state index in [1.165, 1.54) is 7.11 Å². The molecule has 0 aliphatic heterocycles. The van der Waals surface area contributed by atoms with Crippen LogP contribution in [0.1, 0.15) is 26.3 Å². The minimum absolute atomic E-state index is 0.110. The van der Waals surface area contributed by atoms with E-state index in [1.54, 1.807) is 18.1 Å². The summed E-state index contributed by atoms with van der Waals surface area (Å²) >= 11 is 0. The van der Waals surface area contributed by atoms with Crippen LogP contribution < -0.4 is 20.0 Å². The maximum atomic E-state index is 12.6. The molecule has 7 heteroatoms. The molecule has 0 aliphatic carbocycles. The van der Waals surface area contributed by atoms with Crippen LogP contribution in [0, 0.1) is 0 Å². The van der Waals surface area contributed by atoms with Gasteiger partial charge in [-0.25, -0.2) is 4.79 Å². The number of para-hydroxylation sites is 1. The maximum absolute atomic E-state index is 12.6. The fourth-order valence-corrected chi connectivity index (χ4v) is 3.50. The summed E-state index contributed by atoms with van der Waals surface area (Å²) in [7, 11) is 4.96. The van der Waals surface area contributed by atoms with Crippen LogP contribution in [0.4, 0.5) is 17.1 Å². The van der Waals surface area contributed by atoms with Crippen LogP contribution in [-0.4, -0.2) is 52.6 Å². The lowest BCUT2D eigenvalue weighted by Crippen LogP contribution is -2.24. The summed E-state index contributed by atoms with van der Waals surface area (Å²) in [5.41, 5.74) is 4.28. The van der Waals surface area contributed by atoms with Crippen LogP contribution >= 0.6 is 0 Å². The topological polar surface area (TPSA) is 66.4 Å². The van der Waals surface area contributed by atoms with Gasteiger partial charge in [0.05, 0.1) is 13.7 Å². The number of rotatable bonds is 12. The normalized spacial score (nSPS) is 11.3. The fourth-order valence-electron chi connectivity index (χ4n) is 3.50. The molecule has 0 saturated carbocycles. The highest BCUT2D eigenvalue weighted by Crippen LogP contribution is 2.33. The molecular formula is C27H36N4O3. The maximum Gasteiger partial charge on any atom is 0.359 e. The predicted molar refractivity (Wildman–Crippen MR) is 143 cm³/mol. The van der Waals surface area contributed by atoms with Gasteiger partial charge in [-0.2, -0.15) is 5.10 Å². The standard InChI is InChI=1S/C27H36N4O3/c1-8-31(9-2)22-17-18-24(25(19-22)34-10-3)30(6)29-26(27(32)33-7)20(4)15-16-21-13-11-12-14-23(21)28-5/h11-19,28H,4,8-10H2,1-3,5-7H3. The molecule has 0 heterocycles. The molecule has 2 aromatic rings. The van der Waals surface area contributed by atoms with Crippen LogP contribution in [0.2, 0.25) is 0 Å². The molecule has 0 unspecified atom stereocenters. The van der Waals surface area contributed by atoms with E-state index in [9.17, 15) is 4.79 Å². The lowest BCUT2D eigenvalue weighted by molar-refractivity contribution is -0.132. The molecular weight excluding hydrogens is 428 g/mol. The second-order valence-corrected chi connectivity index (χ2v) is 7.42. The van der Waals surface area contributed by atoms with Crippen molar-refractivity contribution < 1.29 is 14.3 Å². The lowest BCUT2D eigenvalue weighted by Gasteiger charge is -2.24. The molecule has 0 atom stereocenters. The van der Waals surface area contributed by atoms with Gasteiger partial charge in [-0.15, -0.1) is 0 Å². The van der Waals surface area contributed by atoms with E-state index >= 15 is 0 Å². The number of ether oxygens (including phenoxy) is 2. The van der Waals surface area contributed by atoms with Crippen molar-refractivity contribution in [2.24, 2.45) is 5.10 Å². The number of carbonyl (C=O) groups excluding carboxylic acids is 1. The first kappa shape index (κ1) is 26.5. The Morgan fingerprint density at radius 3 is 2.47 bits per heavy atom. The summed E-state index contributed by atoms with van der Waals surface area (Å²) in [6.45, 7) is 12.5. The van der Waals surface area contributed by atoms with Crippen LogP contribution in [0.5, 0.6) is 5.75 Å². The Morgan fingerprint density at radius 2 is 1.85 bits per heavy atom. The molecule has 0 amide bonds. The van der Waals surface area contributed by atoms with E-state index in [2.05, 4.69) is 35.7 Å². The summed E-state index contributed by atoms with van der Waals surface area (Å²) in [5.74, 6) is 0.118. The van der Waals surface area contributed by atoms with E-state index in [1.807, 2.05) is 62.5 Å². The summed E-state index contributed by atoms with van der Waals surface area (Å²) in [5, 5.41) is 9.31. The van der Waals surface area contributed by atoms with Crippen molar-refractivity contribution in [3.05, 3.63) is 66.3 Å². The van der Waals surface area contributed by atoms with Crippen molar-refractivity contribution in [3.8, 4) is 5.75 Å². The third-order valence-electron chi connectivity index (χ3n) is 5.35. The lowest BCUT2D eigenvalue weighted by atomic mass is 10.1. The number of methoxy groups -OCH3 is 1. The summed E-state index contributed by atoms with van der Waals surface area (Å²) in [6, 6.07) is 13.8. The molecule has 2 rings (SSSR count). The second-order valence-electron chi connectivity index (χ2n) is 7.42. The molecule has 7 nitrogen and oxygen atoms in total. The van der Waals surface area contributed by atoms with E-state index in [4.69, 9.17) is 9.47 Å². The first-order chi connectivity index (χ1) is 16.4. The smallest absolute Gasteiger partial charge is 0.359 e. The van der Waals surface area contributed by atoms with E-state index in [-0.39, 0.29) is 5.71 Å². The largest absolute Gasteiger partial charge is 0.492 e. The molecule has 0 bridgehead atoms. The number of carbonyl (C=O) groups is 1. The van der Waals surface area contributed by atoms with Gasteiger partial charge >= 0.3 is 5.97 Å². The average Bonchev–Trinajstić information content (AvgIpc) is 2.86. The third kappa shape index (κ3) is 6.63. The number of nitrogens with zero attached hydrogens (tertiary/aromatic N) is 3. The van der Waals surface area contributed by atoms with Crippen molar-refractivity contribution in [1.29, 1.82) is 0 Å². The summed E-state index contributed by atoms with van der Waals surface area (Å²) in [6.07, 6.45) is 3.64. The van der Waals surface area contributed by atoms with Gasteiger partial charge in [-0.1, -0.05) is 36.9 Å². The van der Waals surface area contributed by atoms with E-state index in [0.717, 1.165) is 35.7 Å². The third-order valence-corrected chi connectivity index (χ3v) is 5.35. The molecule has 182 valence electrons. The molecule has 1 N–H and O–H groups in total. The molecule has 0 aromatic heterocycles. The number of hydrogen-bond donors (Lipinski definition) is 1. The highest BCUT2D eigenvalue weighted by Gasteiger charge is 2.18. The Kier molecular flexibility index (Phi) is 10.2. The SMILES string of the molecule is C=C(C=Cc1ccccc1NC)C(=NN(C)c1ccc(N(CC)CC)cc1OCC)C(=O)OC. The minimum Gasteiger partial charge on any atom is -0.492 e. The minimum atomic E-state index is -0.568. The number of benzene rings is 2. The van der Waals surface area contributed by atoms with Crippen LogP contribution in [0.3, 0.4) is 0 Å². The Hall–Kier alpha value is -3.74. The Balaban J connectivity index is 2.41. The highest BCUT2D eigenvalue weighted by molar-refractivity contribution is 6.44. The van der Waals surface area contributed by atoms with Gasteiger partial charge in [0.15, 0.2) is 5.71 Å². The molecule has 0 radical (unpaired) electrons. The predicted octanol–water partition coefficient (Wildman–Crippen LogP) is 5.21. The van der Waals surface area contributed by atoms with Crippen LogP contribution in [0.25, 0.3) is 6.08 Å².